The van der Waals surface area contributed by atoms with Crippen molar-refractivity contribution < 1.29 is 14.3 Å². The normalized spacial score (nSPS) is 23.8. The quantitative estimate of drug-likeness (QED) is 0.527. The smallest absolute Gasteiger partial charge is 0.338 e. The molecule has 0 aliphatic heterocycles. The third-order valence-electron chi connectivity index (χ3n) is 4.79. The van der Waals surface area contributed by atoms with Gasteiger partial charge in [0.2, 0.25) is 0 Å². The van der Waals surface area contributed by atoms with Gasteiger partial charge in [-0.2, -0.15) is 0 Å². The summed E-state index contributed by atoms with van der Waals surface area (Å²) in [6, 6.07) is 7.16. The van der Waals surface area contributed by atoms with Gasteiger partial charge in [-0.15, -0.1) is 0 Å². The van der Waals surface area contributed by atoms with Crippen molar-refractivity contribution in [1.82, 2.24) is 0 Å². The zero-order chi connectivity index (χ0) is 17.7. The summed E-state index contributed by atoms with van der Waals surface area (Å²) in [5, 5.41) is 0. The Bertz CT molecular complexity index is 559. The molecule has 1 aliphatic carbocycles. The van der Waals surface area contributed by atoms with E-state index in [-0.39, 0.29) is 12.1 Å². The van der Waals surface area contributed by atoms with E-state index in [0.29, 0.717) is 29.9 Å². The van der Waals surface area contributed by atoms with E-state index < -0.39 is 0 Å². The summed E-state index contributed by atoms with van der Waals surface area (Å²) in [5.74, 6) is 2.12. The van der Waals surface area contributed by atoms with Crippen molar-refractivity contribution in [3.05, 3.63) is 42.0 Å². The van der Waals surface area contributed by atoms with Crippen molar-refractivity contribution in [3.63, 3.8) is 0 Å². The Morgan fingerprint density at radius 2 is 1.92 bits per heavy atom. The molecule has 0 N–H and O–H groups in total. The van der Waals surface area contributed by atoms with Crippen molar-refractivity contribution in [2.75, 3.05) is 6.61 Å². The van der Waals surface area contributed by atoms with Crippen LogP contribution in [0.2, 0.25) is 0 Å². The lowest BCUT2D eigenvalue weighted by atomic mass is 9.75. The molecule has 0 heterocycles. The van der Waals surface area contributed by atoms with Gasteiger partial charge in [0.15, 0.2) is 0 Å². The first-order chi connectivity index (χ1) is 11.4. The van der Waals surface area contributed by atoms with Gasteiger partial charge >= 0.3 is 5.97 Å². The Balaban J connectivity index is 1.98. The first-order valence-corrected chi connectivity index (χ1v) is 8.95. The molecule has 1 aromatic carbocycles. The Kier molecular flexibility index (Phi) is 6.47. The van der Waals surface area contributed by atoms with E-state index in [1.807, 2.05) is 19.1 Å². The van der Waals surface area contributed by atoms with Crippen molar-refractivity contribution >= 4 is 5.97 Å². The van der Waals surface area contributed by atoms with Crippen molar-refractivity contribution in [1.29, 1.82) is 0 Å². The topological polar surface area (TPSA) is 35.5 Å². The van der Waals surface area contributed by atoms with E-state index in [4.69, 9.17) is 9.47 Å². The van der Waals surface area contributed by atoms with Crippen LogP contribution in [-0.2, 0) is 4.74 Å². The fraction of sp³-hybridized carbons (Fsp3) is 0.571. The lowest BCUT2D eigenvalue weighted by Gasteiger charge is -2.36. The number of benzene rings is 1. The predicted molar refractivity (Wildman–Crippen MR) is 97.3 cm³/mol. The average Bonchev–Trinajstić information content (AvgIpc) is 2.53. The van der Waals surface area contributed by atoms with E-state index in [2.05, 4.69) is 27.4 Å². The molecule has 3 nitrogen and oxygen atoms in total. The first-order valence-electron chi connectivity index (χ1n) is 8.95. The van der Waals surface area contributed by atoms with Gasteiger partial charge in [0.1, 0.15) is 18.5 Å². The second-order valence-electron chi connectivity index (χ2n) is 7.54. The number of rotatable bonds is 6. The Morgan fingerprint density at radius 3 is 2.50 bits per heavy atom. The van der Waals surface area contributed by atoms with Crippen LogP contribution in [0.3, 0.4) is 0 Å². The lowest BCUT2D eigenvalue weighted by molar-refractivity contribution is -0.0174. The van der Waals surface area contributed by atoms with E-state index in [0.717, 1.165) is 24.2 Å². The van der Waals surface area contributed by atoms with Crippen LogP contribution < -0.4 is 4.74 Å². The molecular weight excluding hydrogens is 300 g/mol. The van der Waals surface area contributed by atoms with Gasteiger partial charge in [-0.05, 0) is 67.4 Å². The number of carbonyl (C=O) groups is 1. The molecular formula is C21H30O3. The Hall–Kier alpha value is -1.77. The van der Waals surface area contributed by atoms with E-state index in [1.54, 1.807) is 12.1 Å². The van der Waals surface area contributed by atoms with Crippen LogP contribution in [0.4, 0.5) is 0 Å². The second-order valence-corrected chi connectivity index (χ2v) is 7.54. The molecule has 1 saturated carbocycles. The van der Waals surface area contributed by atoms with Gasteiger partial charge in [0.05, 0.1) is 5.56 Å². The minimum Gasteiger partial charge on any atom is -0.489 e. The summed E-state index contributed by atoms with van der Waals surface area (Å²) in [6.45, 7) is 12.9. The highest BCUT2D eigenvalue weighted by atomic mass is 16.5. The van der Waals surface area contributed by atoms with Gasteiger partial charge in [-0.3, -0.25) is 0 Å². The summed E-state index contributed by atoms with van der Waals surface area (Å²) in [7, 11) is 0. The summed E-state index contributed by atoms with van der Waals surface area (Å²) in [5.41, 5.74) is 1.54. The zero-order valence-electron chi connectivity index (χ0n) is 15.4. The average molecular weight is 330 g/mol. The monoisotopic (exact) mass is 330 g/mol. The Morgan fingerprint density at radius 1 is 1.25 bits per heavy atom. The van der Waals surface area contributed by atoms with Crippen LogP contribution in [0.5, 0.6) is 5.75 Å². The second kappa shape index (κ2) is 8.36. The molecule has 0 spiro atoms. The molecule has 1 fully saturated rings. The SMILES string of the molecule is C=C(C)COc1ccc(C(=O)OC2CC(C)CCC2C(C)C)cc1. The zero-order valence-corrected chi connectivity index (χ0v) is 15.4. The van der Waals surface area contributed by atoms with Crippen LogP contribution in [0.25, 0.3) is 0 Å². The number of carbonyl (C=O) groups excluding carboxylic acids is 1. The number of esters is 1. The molecule has 132 valence electrons. The molecule has 0 saturated heterocycles. The van der Waals surface area contributed by atoms with Gasteiger partial charge in [0, 0.05) is 0 Å². The molecule has 0 bridgehead atoms. The Labute approximate surface area is 146 Å². The standard InChI is InChI=1S/C21H30O3/c1-14(2)13-23-18-9-7-17(8-10-18)21(22)24-20-12-16(5)6-11-19(20)15(3)4/h7-10,15-16,19-20H,1,6,11-13H2,2-5H3. The maximum atomic E-state index is 12.5. The molecule has 2 rings (SSSR count). The third-order valence-corrected chi connectivity index (χ3v) is 4.79. The van der Waals surface area contributed by atoms with Gasteiger partial charge in [0.25, 0.3) is 0 Å². The predicted octanol–water partition coefficient (Wildman–Crippen LogP) is 5.26. The van der Waals surface area contributed by atoms with Crippen molar-refractivity contribution in [2.45, 2.75) is 53.1 Å². The maximum Gasteiger partial charge on any atom is 0.338 e. The van der Waals surface area contributed by atoms with Gasteiger partial charge in [-0.1, -0.05) is 33.8 Å². The van der Waals surface area contributed by atoms with E-state index in [1.165, 1.54) is 6.42 Å². The van der Waals surface area contributed by atoms with Gasteiger partial charge < -0.3 is 9.47 Å². The lowest BCUT2D eigenvalue weighted by Crippen LogP contribution is -2.35. The molecule has 3 heteroatoms. The number of hydrogen-bond acceptors (Lipinski definition) is 3. The fourth-order valence-electron chi connectivity index (χ4n) is 3.35. The first kappa shape index (κ1) is 18.6. The largest absolute Gasteiger partial charge is 0.489 e. The highest BCUT2D eigenvalue weighted by molar-refractivity contribution is 5.89. The number of hydrogen-bond donors (Lipinski definition) is 0. The third kappa shape index (κ3) is 5.12. The summed E-state index contributed by atoms with van der Waals surface area (Å²) in [4.78, 5) is 12.5. The van der Waals surface area contributed by atoms with E-state index in [9.17, 15) is 4.79 Å². The summed E-state index contributed by atoms with van der Waals surface area (Å²) < 4.78 is 11.4. The highest BCUT2D eigenvalue weighted by Crippen LogP contribution is 2.35. The van der Waals surface area contributed by atoms with Crippen LogP contribution in [0.1, 0.15) is 57.3 Å². The van der Waals surface area contributed by atoms with Crippen LogP contribution in [0, 0.1) is 17.8 Å². The highest BCUT2D eigenvalue weighted by Gasteiger charge is 2.33. The van der Waals surface area contributed by atoms with Crippen LogP contribution in [-0.4, -0.2) is 18.7 Å². The molecule has 0 amide bonds. The van der Waals surface area contributed by atoms with Crippen molar-refractivity contribution in [3.8, 4) is 5.75 Å². The van der Waals surface area contributed by atoms with Crippen LogP contribution in [0.15, 0.2) is 36.4 Å². The molecule has 3 unspecified atom stereocenters. The summed E-state index contributed by atoms with van der Waals surface area (Å²) in [6.07, 6.45) is 3.37. The molecule has 0 radical (unpaired) electrons. The van der Waals surface area contributed by atoms with Crippen LogP contribution >= 0.6 is 0 Å². The van der Waals surface area contributed by atoms with Crippen molar-refractivity contribution in [2.24, 2.45) is 17.8 Å². The molecule has 0 aromatic heterocycles. The molecule has 3 atom stereocenters. The molecule has 24 heavy (non-hydrogen) atoms. The van der Waals surface area contributed by atoms with Gasteiger partial charge in [-0.25, -0.2) is 4.79 Å². The summed E-state index contributed by atoms with van der Waals surface area (Å²) >= 11 is 0. The number of ether oxygens (including phenoxy) is 2. The minimum absolute atomic E-state index is 0.0283. The minimum atomic E-state index is -0.230. The van der Waals surface area contributed by atoms with E-state index >= 15 is 0 Å². The molecule has 1 aliphatic rings. The molecule has 1 aromatic rings. The maximum absolute atomic E-state index is 12.5. The fourth-order valence-corrected chi connectivity index (χ4v) is 3.35.